The molecule has 2 aromatic carbocycles. The number of amidine groups is 1. The number of aryl methyl sites for hydroxylation is 3. The Labute approximate surface area is 409 Å². The summed E-state index contributed by atoms with van der Waals surface area (Å²) in [7, 11) is 0. The number of H-pyrrole nitrogens is 2. The van der Waals surface area contributed by atoms with Gasteiger partial charge >= 0.3 is 71.1 Å². The van der Waals surface area contributed by atoms with E-state index in [4.69, 9.17) is 16.6 Å². The number of anilines is 1. The van der Waals surface area contributed by atoms with Crippen molar-refractivity contribution in [1.29, 1.82) is 0 Å². The number of rotatable bonds is 19. The van der Waals surface area contributed by atoms with Gasteiger partial charge in [0.15, 0.2) is 5.78 Å². The quantitative estimate of drug-likeness (QED) is 0.0342. The maximum Gasteiger partial charge on any atom is 1.00 e. The summed E-state index contributed by atoms with van der Waals surface area (Å²) in [4.78, 5) is 106. The first kappa shape index (κ1) is 52.6. The van der Waals surface area contributed by atoms with Crippen LogP contribution in [0.1, 0.15) is 88.8 Å². The summed E-state index contributed by atoms with van der Waals surface area (Å²) in [6, 6.07) is 12.0. The van der Waals surface area contributed by atoms with Gasteiger partial charge in [0.2, 0.25) is 5.95 Å². The first-order valence-corrected chi connectivity index (χ1v) is 19.5. The number of carboxylic acid groups (broad SMARTS) is 4. The first-order chi connectivity index (χ1) is 29.5. The third-order valence-electron chi connectivity index (χ3n) is 10.3. The normalized spacial score (nSPS) is 13.7. The van der Waals surface area contributed by atoms with E-state index < -0.39 is 48.2 Å². The molecule has 6 rings (SSSR count). The predicted octanol–water partition coefficient (Wildman–Crippen LogP) is -5.32. The number of carboxylic acids is 4. The van der Waals surface area contributed by atoms with Crippen LogP contribution in [-0.4, -0.2) is 78.5 Å². The van der Waals surface area contributed by atoms with Crippen molar-refractivity contribution < 1.29 is 113 Å². The number of carbonyl (C=O) groups is 7. The Bertz CT molecular complexity index is 2560. The number of hydrogen-bond acceptors (Lipinski definition) is 13. The number of ketones is 1. The van der Waals surface area contributed by atoms with Crippen LogP contribution in [0.4, 0.5) is 5.95 Å². The number of dihydropyridines is 1. The third kappa shape index (κ3) is 14.7. The smallest absolute Gasteiger partial charge is 0.550 e. The number of nitrogens with one attached hydrogen (secondary N) is 3. The second-order valence-electron chi connectivity index (χ2n) is 14.7. The van der Waals surface area contributed by atoms with Gasteiger partial charge in [0, 0.05) is 48.1 Å². The van der Waals surface area contributed by atoms with Gasteiger partial charge < -0.3 is 51.8 Å². The molecule has 21 heteroatoms. The topological polar surface area (TPSA) is 344 Å². The predicted molar refractivity (Wildman–Crippen MR) is 218 cm³/mol. The second-order valence-corrected chi connectivity index (χ2v) is 14.7. The number of aromatic amines is 2. The third-order valence-corrected chi connectivity index (χ3v) is 10.3. The zero-order valence-electron chi connectivity index (χ0n) is 35.2. The number of aromatic nitrogens is 3. The molecule has 4 aromatic rings. The van der Waals surface area contributed by atoms with Crippen molar-refractivity contribution in [2.45, 2.75) is 76.7 Å². The number of Topliss-reactive ketones (excluding diaryl/α,β-unsaturated/α-hetero) is 1. The van der Waals surface area contributed by atoms with Gasteiger partial charge in [-0.3, -0.25) is 33.8 Å². The number of amides is 2. The van der Waals surface area contributed by atoms with Crippen LogP contribution >= 0.6 is 0 Å². The number of aliphatic imine (C=N–C) groups is 1. The Morgan fingerprint density at radius 1 is 0.828 bits per heavy atom. The summed E-state index contributed by atoms with van der Waals surface area (Å²) in [6.07, 6.45) is 5.97. The summed E-state index contributed by atoms with van der Waals surface area (Å²) >= 11 is 0. The van der Waals surface area contributed by atoms with Crippen molar-refractivity contribution in [2.75, 3.05) is 5.73 Å². The van der Waals surface area contributed by atoms with Crippen LogP contribution in [0.3, 0.4) is 0 Å². The molecule has 3 heterocycles. The maximum absolute atomic E-state index is 12.4. The molecular formula is C43H43N7Na2O12. The Hall–Kier alpha value is -5.70. The monoisotopic (exact) mass is 895 g/mol. The van der Waals surface area contributed by atoms with E-state index in [0.717, 1.165) is 27.8 Å². The number of nitrogen functional groups attached to an aromatic ring is 1. The van der Waals surface area contributed by atoms with Crippen LogP contribution in [0.2, 0.25) is 0 Å². The van der Waals surface area contributed by atoms with Gasteiger partial charge in [-0.05, 0) is 91.3 Å². The summed E-state index contributed by atoms with van der Waals surface area (Å²) in [5.41, 5.74) is 17.2. The Morgan fingerprint density at radius 2 is 1.45 bits per heavy atom. The molecule has 0 unspecified atom stereocenters. The summed E-state index contributed by atoms with van der Waals surface area (Å²) < 4.78 is 0. The van der Waals surface area contributed by atoms with Crippen molar-refractivity contribution in [2.24, 2.45) is 16.6 Å². The summed E-state index contributed by atoms with van der Waals surface area (Å²) in [5, 5.41) is 42.2. The minimum Gasteiger partial charge on any atom is -0.550 e. The summed E-state index contributed by atoms with van der Waals surface area (Å²) in [5.74, 6) is -7.16. The average Bonchev–Trinajstić information content (AvgIpc) is 3.83. The number of nitrogens with zero attached hydrogens (tertiary/aromatic N) is 2. The minimum absolute atomic E-state index is 0. The Kier molecular flexibility index (Phi) is 20.1. The molecule has 0 fully saturated rings. The number of aliphatic carboxylic acids is 4. The molecule has 2 aliphatic rings. The number of carbonyl (C=O) groups excluding carboxylic acids is 5. The fraction of sp³-hybridized carbons (Fsp3) is 0.302. The molecule has 2 aromatic heterocycles. The van der Waals surface area contributed by atoms with Gasteiger partial charge in [-0.15, -0.1) is 0 Å². The van der Waals surface area contributed by atoms with Gasteiger partial charge in [0.05, 0.1) is 23.3 Å². The van der Waals surface area contributed by atoms with Crippen LogP contribution in [0.5, 0.6) is 0 Å². The minimum atomic E-state index is -1.57. The second kappa shape index (κ2) is 24.4. The zero-order chi connectivity index (χ0) is 45.1. The molecule has 324 valence electrons. The molecule has 0 saturated heterocycles. The number of allylic oxidation sites excluding steroid dienone is 1. The molecule has 1 aliphatic carbocycles. The van der Waals surface area contributed by atoms with Gasteiger partial charge in [-0.1, -0.05) is 42.5 Å². The van der Waals surface area contributed by atoms with Crippen molar-refractivity contribution in [3.63, 3.8) is 0 Å². The molecule has 64 heavy (non-hydrogen) atoms. The fourth-order valence-electron chi connectivity index (χ4n) is 7.06. The van der Waals surface area contributed by atoms with Crippen LogP contribution in [0.15, 0.2) is 87.3 Å². The van der Waals surface area contributed by atoms with Crippen molar-refractivity contribution >= 4 is 64.3 Å². The summed E-state index contributed by atoms with van der Waals surface area (Å²) in [6.45, 7) is 0. The molecule has 0 radical (unpaired) electrons. The van der Waals surface area contributed by atoms with E-state index >= 15 is 0 Å². The average molecular weight is 896 g/mol. The van der Waals surface area contributed by atoms with E-state index in [0.29, 0.717) is 66.5 Å². The van der Waals surface area contributed by atoms with Gasteiger partial charge in [0.1, 0.15) is 11.5 Å². The van der Waals surface area contributed by atoms with E-state index in [-0.39, 0.29) is 114 Å². The zero-order valence-corrected chi connectivity index (χ0v) is 39.2. The van der Waals surface area contributed by atoms with Crippen molar-refractivity contribution in [3.05, 3.63) is 116 Å². The fourth-order valence-corrected chi connectivity index (χ4v) is 7.06. The molecule has 2 atom stereocenters. The molecule has 0 saturated carbocycles. The molecular weight excluding hydrogens is 852 g/mol. The SMILES string of the molecule is NC1=NC(=O)C2=C(CC=C2CCc2ccc(C(=O)C[C@@H](CCC(=O)O)C(=O)O)cc2)C1.Nc1nc2[nH]cc(CCc3ccc(C(=O)N[C@@H](CCC(=O)[O-])C(=O)[O-])cc3)c2c(=O)[nH]1.[Na+].[Na+]. The van der Waals surface area contributed by atoms with E-state index in [1.165, 1.54) is 12.1 Å². The maximum atomic E-state index is 12.4. The van der Waals surface area contributed by atoms with E-state index in [1.807, 2.05) is 18.2 Å². The molecule has 9 N–H and O–H groups in total. The molecule has 0 bridgehead atoms. The number of benzene rings is 2. The number of hydrogen-bond donors (Lipinski definition) is 7. The Balaban J connectivity index is 0.000000330. The Morgan fingerprint density at radius 3 is 2.05 bits per heavy atom. The van der Waals surface area contributed by atoms with Crippen molar-refractivity contribution in [3.8, 4) is 0 Å². The molecule has 0 spiro atoms. The molecule has 19 nitrogen and oxygen atoms in total. The van der Waals surface area contributed by atoms with Crippen LogP contribution in [-0.2, 0) is 43.2 Å². The van der Waals surface area contributed by atoms with Crippen LogP contribution in [0, 0.1) is 5.92 Å². The van der Waals surface area contributed by atoms with Gasteiger partial charge in [-0.25, -0.2) is 0 Å². The first-order valence-electron chi connectivity index (χ1n) is 19.5. The standard InChI is InChI=1S/C23H24N2O6.C20H21N5O6.2Na/c24-19-12-16-8-7-15(21(16)22(29)25-19)6-3-13-1-4-14(5-2-13)18(26)11-17(23(30)31)9-10-20(27)28;21-20-24-16-15(18(29)25-20)12(9-22-16)6-3-10-1-4-11(5-2-10)17(28)23-13(19(30)31)7-8-14(26)27;;/h1-2,4-5,7,17H,3,6,8-12H2,(H,27,28)(H,30,31)(H2,24,25,29);1-2,4-5,9,13H,3,6-8H2,(H,23,28)(H,26,27)(H,30,31)(H4,21,22,24,25,29);;/q;;2*+1/p-2/t17-;13-;;/m10../s1. The van der Waals surface area contributed by atoms with E-state index in [1.54, 1.807) is 30.5 Å². The van der Waals surface area contributed by atoms with Gasteiger partial charge in [-0.2, -0.15) is 9.98 Å². The van der Waals surface area contributed by atoms with E-state index in [2.05, 4.69) is 25.3 Å². The van der Waals surface area contributed by atoms with Gasteiger partial charge in [0.25, 0.3) is 17.4 Å². The van der Waals surface area contributed by atoms with Crippen molar-refractivity contribution in [1.82, 2.24) is 20.3 Å². The molecule has 2 amide bonds. The van der Waals surface area contributed by atoms with Crippen LogP contribution < -0.4 is 91.7 Å². The largest absolute Gasteiger partial charge is 1.00 e. The van der Waals surface area contributed by atoms with E-state index in [9.17, 15) is 53.7 Å². The number of nitrogens with two attached hydrogens (primary N) is 2. The molecule has 1 aliphatic heterocycles. The van der Waals surface area contributed by atoms with Crippen LogP contribution in [0.25, 0.3) is 11.0 Å². The number of fused-ring (bicyclic) bond motifs is 1.